The summed E-state index contributed by atoms with van der Waals surface area (Å²) in [5.74, 6) is -1.20. The van der Waals surface area contributed by atoms with Crippen molar-refractivity contribution in [2.24, 2.45) is 14.1 Å². The minimum absolute atomic E-state index is 0.246. The molecule has 0 fully saturated rings. The maximum Gasteiger partial charge on any atom is 0.256 e. The van der Waals surface area contributed by atoms with Crippen LogP contribution in [0, 0.1) is 13.8 Å². The number of aryl methyl sites for hydroxylation is 4. The van der Waals surface area contributed by atoms with E-state index in [0.29, 0.717) is 56.1 Å². The Morgan fingerprint density at radius 2 is 0.848 bits per heavy atom. The van der Waals surface area contributed by atoms with Gasteiger partial charge in [-0.05, 0) is 97.8 Å². The maximum atomic E-state index is 12.9. The topological polar surface area (TPSA) is 124 Å². The Hall–Kier alpha value is -6.16. The van der Waals surface area contributed by atoms with Crippen molar-refractivity contribution >= 4 is 46.4 Å². The number of carbonyl (C=O) groups is 4. The maximum absolute atomic E-state index is 12.9. The average Bonchev–Trinajstić information content (AvgIpc) is 3.01. The zero-order valence-electron chi connectivity index (χ0n) is 25.9. The van der Waals surface area contributed by atoms with Gasteiger partial charge in [0.15, 0.2) is 24.8 Å². The van der Waals surface area contributed by atoms with Crippen molar-refractivity contribution in [1.82, 2.24) is 0 Å². The summed E-state index contributed by atoms with van der Waals surface area (Å²) in [4.78, 5) is 51.4. The highest BCUT2D eigenvalue weighted by molar-refractivity contribution is 6.09. The first-order valence-corrected chi connectivity index (χ1v) is 14.5. The van der Waals surface area contributed by atoms with Crippen LogP contribution in [0.1, 0.15) is 52.6 Å². The highest BCUT2D eigenvalue weighted by Crippen LogP contribution is 2.20. The van der Waals surface area contributed by atoms with Gasteiger partial charge in [-0.3, -0.25) is 19.2 Å². The van der Waals surface area contributed by atoms with Crippen molar-refractivity contribution in [1.29, 1.82) is 0 Å². The van der Waals surface area contributed by atoms with E-state index in [-0.39, 0.29) is 23.6 Å². The van der Waals surface area contributed by atoms with Gasteiger partial charge in [0.2, 0.25) is 0 Å². The summed E-state index contributed by atoms with van der Waals surface area (Å²) >= 11 is 0. The number of hydrogen-bond acceptors (Lipinski definition) is 4. The molecule has 0 unspecified atom stereocenters. The molecule has 0 aliphatic rings. The molecule has 10 nitrogen and oxygen atoms in total. The number of hydrogen-bond donors (Lipinski definition) is 4. The van der Waals surface area contributed by atoms with Crippen molar-refractivity contribution in [3.05, 3.63) is 143 Å². The number of pyridine rings is 2. The molecular weight excluding hydrogens is 580 g/mol. The molecule has 230 valence electrons. The summed E-state index contributed by atoms with van der Waals surface area (Å²) in [5.41, 5.74) is 5.56. The molecule has 4 N–H and O–H groups in total. The number of rotatable bonds is 8. The zero-order valence-corrected chi connectivity index (χ0v) is 25.9. The van der Waals surface area contributed by atoms with Crippen molar-refractivity contribution in [3.63, 3.8) is 0 Å². The van der Waals surface area contributed by atoms with E-state index in [9.17, 15) is 19.2 Å². The predicted molar refractivity (Wildman–Crippen MR) is 176 cm³/mol. The molecule has 2 aromatic heterocycles. The minimum Gasteiger partial charge on any atom is -0.322 e. The van der Waals surface area contributed by atoms with Crippen LogP contribution in [-0.4, -0.2) is 23.6 Å². The van der Waals surface area contributed by atoms with Crippen LogP contribution in [-0.2, 0) is 14.1 Å². The summed E-state index contributed by atoms with van der Waals surface area (Å²) in [5, 5.41) is 11.4. The van der Waals surface area contributed by atoms with Gasteiger partial charge < -0.3 is 21.3 Å². The average molecular weight is 615 g/mol. The Bertz CT molecular complexity index is 1830. The number of nitrogens with zero attached hydrogens (tertiary/aromatic N) is 2. The molecule has 46 heavy (non-hydrogen) atoms. The van der Waals surface area contributed by atoms with Gasteiger partial charge in [0.1, 0.15) is 25.5 Å². The molecule has 3 aromatic carbocycles. The second-order valence-electron chi connectivity index (χ2n) is 11.0. The van der Waals surface area contributed by atoms with Gasteiger partial charge in [-0.15, -0.1) is 0 Å². The molecule has 0 radical (unpaired) electrons. The Morgan fingerprint density at radius 1 is 0.478 bits per heavy atom. The molecular formula is C36H34N6O4+2. The predicted octanol–water partition coefficient (Wildman–Crippen LogP) is 4.96. The van der Waals surface area contributed by atoms with E-state index in [1.165, 1.54) is 0 Å². The van der Waals surface area contributed by atoms with Crippen molar-refractivity contribution in [3.8, 4) is 0 Å². The molecule has 4 amide bonds. The molecule has 0 saturated heterocycles. The van der Waals surface area contributed by atoms with Gasteiger partial charge >= 0.3 is 0 Å². The smallest absolute Gasteiger partial charge is 0.256 e. The number of aromatic nitrogens is 2. The van der Waals surface area contributed by atoms with Crippen LogP contribution >= 0.6 is 0 Å². The first-order chi connectivity index (χ1) is 22.0. The lowest BCUT2D eigenvalue weighted by atomic mass is 10.1. The third kappa shape index (κ3) is 7.67. The van der Waals surface area contributed by atoms with Crippen LogP contribution in [0.15, 0.2) is 110 Å². The minimum atomic E-state index is -0.353. The molecule has 5 aromatic rings. The highest BCUT2D eigenvalue weighted by Gasteiger charge is 2.15. The lowest BCUT2D eigenvalue weighted by Crippen LogP contribution is -2.27. The monoisotopic (exact) mass is 614 g/mol. The fraction of sp³-hybridized carbons (Fsp3) is 0.111. The van der Waals surface area contributed by atoms with Crippen LogP contribution in [0.5, 0.6) is 0 Å². The van der Waals surface area contributed by atoms with Crippen molar-refractivity contribution in [2.75, 3.05) is 21.3 Å². The molecule has 0 spiro atoms. The van der Waals surface area contributed by atoms with Crippen LogP contribution in [0.3, 0.4) is 0 Å². The fourth-order valence-electron chi connectivity index (χ4n) is 4.89. The van der Waals surface area contributed by atoms with E-state index in [1.807, 2.05) is 72.3 Å². The molecule has 0 saturated carbocycles. The molecule has 0 bridgehead atoms. The first-order valence-electron chi connectivity index (χ1n) is 14.5. The highest BCUT2D eigenvalue weighted by atomic mass is 16.2. The second-order valence-corrected chi connectivity index (χ2v) is 11.0. The summed E-state index contributed by atoms with van der Waals surface area (Å²) < 4.78 is 3.69. The lowest BCUT2D eigenvalue weighted by Gasteiger charge is -2.11. The summed E-state index contributed by atoms with van der Waals surface area (Å²) in [6.07, 6.45) is 7.37. The molecule has 0 atom stereocenters. The lowest BCUT2D eigenvalue weighted by molar-refractivity contribution is -0.670. The molecule has 5 rings (SSSR count). The van der Waals surface area contributed by atoms with Crippen LogP contribution in [0.25, 0.3) is 0 Å². The van der Waals surface area contributed by atoms with E-state index in [1.54, 1.807) is 74.5 Å². The quantitative estimate of drug-likeness (QED) is 0.185. The SMILES string of the molecule is Cc1cc(NC(=O)c2ccc(C(=O)Nc3ccc(C(=O)Nc4ccc[n+](C)c4)c(C)c3)cc2)ccc1C(=O)Nc1ccc[n+](C)c1. The molecule has 0 aliphatic carbocycles. The van der Waals surface area contributed by atoms with E-state index < -0.39 is 0 Å². The van der Waals surface area contributed by atoms with Crippen LogP contribution in [0.2, 0.25) is 0 Å². The third-order valence-corrected chi connectivity index (χ3v) is 7.26. The van der Waals surface area contributed by atoms with Crippen molar-refractivity contribution < 1.29 is 28.3 Å². The van der Waals surface area contributed by atoms with Crippen LogP contribution < -0.4 is 30.4 Å². The standard InChI is InChI=1S/C36H32N6O4/c1-23-19-27(13-15-31(23)35(45)39-29-7-5-17-41(3)21-29)37-33(43)25-9-11-26(12-10-25)34(44)38-28-14-16-32(24(2)20-28)36(46)40-30-8-6-18-42(4)22-30/h5-22H,1-4H3,(H2-2,37,38,39,40,43,44,45,46)/p+2. The first kappa shape index (κ1) is 31.3. The number of amides is 4. The third-order valence-electron chi connectivity index (χ3n) is 7.26. The molecule has 0 aliphatic heterocycles. The van der Waals surface area contributed by atoms with Gasteiger partial charge in [-0.25, -0.2) is 9.13 Å². The van der Waals surface area contributed by atoms with Gasteiger partial charge in [0.05, 0.1) is 0 Å². The molecule has 2 heterocycles. The Kier molecular flexibility index (Phi) is 9.28. The Balaban J connectivity index is 1.17. The summed E-state index contributed by atoms with van der Waals surface area (Å²) in [7, 11) is 3.75. The number of nitrogens with one attached hydrogen (secondary N) is 4. The number of benzene rings is 3. The fourth-order valence-corrected chi connectivity index (χ4v) is 4.89. The Labute approximate surface area is 266 Å². The van der Waals surface area contributed by atoms with Gasteiger partial charge in [-0.2, -0.15) is 0 Å². The Morgan fingerprint density at radius 3 is 1.20 bits per heavy atom. The normalized spacial score (nSPS) is 10.5. The van der Waals surface area contributed by atoms with Gasteiger partial charge in [0, 0.05) is 45.8 Å². The van der Waals surface area contributed by atoms with E-state index in [0.717, 1.165) is 0 Å². The summed E-state index contributed by atoms with van der Waals surface area (Å²) in [6.45, 7) is 3.61. The zero-order chi connectivity index (χ0) is 32.8. The number of anilines is 4. The van der Waals surface area contributed by atoms with Gasteiger partial charge in [0.25, 0.3) is 23.6 Å². The molecule has 10 heteroatoms. The van der Waals surface area contributed by atoms with Crippen molar-refractivity contribution in [2.45, 2.75) is 13.8 Å². The largest absolute Gasteiger partial charge is 0.322 e. The second kappa shape index (κ2) is 13.6. The van der Waals surface area contributed by atoms with E-state index >= 15 is 0 Å². The van der Waals surface area contributed by atoms with Crippen LogP contribution in [0.4, 0.5) is 22.7 Å². The number of carbonyl (C=O) groups excluding carboxylic acids is 4. The van der Waals surface area contributed by atoms with E-state index in [2.05, 4.69) is 21.3 Å². The van der Waals surface area contributed by atoms with Gasteiger partial charge in [-0.1, -0.05) is 0 Å². The summed E-state index contributed by atoms with van der Waals surface area (Å²) in [6, 6.07) is 23.7. The van der Waals surface area contributed by atoms with E-state index in [4.69, 9.17) is 0 Å².